The Kier molecular flexibility index (Phi) is 4.97. The molecule has 3 aliphatic heterocycles. The van der Waals surface area contributed by atoms with E-state index in [1.165, 1.54) is 0 Å². The van der Waals surface area contributed by atoms with Crippen LogP contribution in [0.5, 0.6) is 0 Å². The number of carbonyl (C=O) groups excluding carboxylic acids is 2. The van der Waals surface area contributed by atoms with Crippen molar-refractivity contribution in [2.75, 3.05) is 51.3 Å². The van der Waals surface area contributed by atoms with Crippen molar-refractivity contribution in [1.82, 2.24) is 15.1 Å². The van der Waals surface area contributed by atoms with Gasteiger partial charge in [-0.2, -0.15) is 0 Å². The number of amides is 2. The van der Waals surface area contributed by atoms with Gasteiger partial charge in [0.15, 0.2) is 0 Å². The van der Waals surface area contributed by atoms with Gasteiger partial charge < -0.3 is 24.7 Å². The maximum Gasteiger partial charge on any atom is 0.290 e. The number of halogens is 1. The molecule has 5 rings (SSSR count). The summed E-state index contributed by atoms with van der Waals surface area (Å²) in [5.41, 5.74) is 1.41. The van der Waals surface area contributed by atoms with E-state index in [0.29, 0.717) is 44.2 Å². The Bertz CT molecular complexity index is 955. The molecule has 9 heteroatoms. The van der Waals surface area contributed by atoms with Crippen LogP contribution in [-0.4, -0.2) is 73.7 Å². The number of rotatable bonds is 3. The molecule has 154 valence electrons. The Morgan fingerprint density at radius 1 is 1.21 bits per heavy atom. The molecular weight excluding hydrogens is 440 g/mol. The van der Waals surface area contributed by atoms with Crippen molar-refractivity contribution >= 4 is 44.4 Å². The van der Waals surface area contributed by atoms with Gasteiger partial charge in [0, 0.05) is 36.0 Å². The average molecular weight is 463 g/mol. The number of furan rings is 1. The van der Waals surface area contributed by atoms with Crippen molar-refractivity contribution in [1.29, 1.82) is 0 Å². The zero-order valence-corrected chi connectivity index (χ0v) is 17.5. The highest BCUT2D eigenvalue weighted by atomic mass is 79.9. The molecule has 0 saturated carbocycles. The van der Waals surface area contributed by atoms with Crippen molar-refractivity contribution in [3.8, 4) is 0 Å². The molecule has 2 saturated heterocycles. The van der Waals surface area contributed by atoms with Crippen LogP contribution in [0, 0.1) is 5.92 Å². The minimum absolute atomic E-state index is 0.0219. The number of benzene rings is 1. The van der Waals surface area contributed by atoms with Gasteiger partial charge in [0.2, 0.25) is 11.7 Å². The van der Waals surface area contributed by atoms with Crippen LogP contribution in [0.25, 0.3) is 11.0 Å². The minimum atomic E-state index is -0.230. The number of anilines is 1. The number of carbonyl (C=O) groups is 2. The molecule has 0 spiro atoms. The van der Waals surface area contributed by atoms with E-state index in [9.17, 15) is 9.59 Å². The van der Waals surface area contributed by atoms with Gasteiger partial charge in [-0.05, 0) is 31.2 Å². The quantitative estimate of drug-likeness (QED) is 0.723. The van der Waals surface area contributed by atoms with E-state index < -0.39 is 0 Å². The Morgan fingerprint density at radius 3 is 2.86 bits per heavy atom. The average Bonchev–Trinajstić information content (AvgIpc) is 3.33. The number of nitrogens with zero attached hydrogens (tertiary/aromatic N) is 2. The number of nitrogens with one attached hydrogen (secondary N) is 2. The molecule has 3 aliphatic rings. The lowest BCUT2D eigenvalue weighted by Gasteiger charge is -2.30. The van der Waals surface area contributed by atoms with E-state index in [1.54, 1.807) is 0 Å². The van der Waals surface area contributed by atoms with Crippen molar-refractivity contribution in [2.45, 2.75) is 12.6 Å². The van der Waals surface area contributed by atoms with Crippen LogP contribution in [0.15, 0.2) is 27.1 Å². The summed E-state index contributed by atoms with van der Waals surface area (Å²) in [6.07, 6.45) is 0.621. The van der Waals surface area contributed by atoms with Gasteiger partial charge in [0.25, 0.3) is 5.91 Å². The second kappa shape index (κ2) is 7.62. The fraction of sp³-hybridized carbons (Fsp3) is 0.500. The Morgan fingerprint density at radius 2 is 2.03 bits per heavy atom. The third kappa shape index (κ3) is 3.62. The van der Waals surface area contributed by atoms with Gasteiger partial charge in [-0.1, -0.05) is 15.9 Å². The van der Waals surface area contributed by atoms with Crippen LogP contribution in [0.1, 0.15) is 17.0 Å². The minimum Gasteiger partial charge on any atom is -0.449 e. The van der Waals surface area contributed by atoms with Crippen LogP contribution >= 0.6 is 15.9 Å². The van der Waals surface area contributed by atoms with E-state index in [1.807, 2.05) is 23.1 Å². The predicted octanol–water partition coefficient (Wildman–Crippen LogP) is 1.86. The number of ether oxygens (including phenoxy) is 1. The third-order valence-electron chi connectivity index (χ3n) is 5.87. The molecular formula is C20H23BrN4O4. The lowest BCUT2D eigenvalue weighted by molar-refractivity contribution is -0.139. The van der Waals surface area contributed by atoms with Crippen LogP contribution in [0.2, 0.25) is 0 Å². The molecule has 4 heterocycles. The summed E-state index contributed by atoms with van der Waals surface area (Å²) in [5.74, 6) is 0.352. The Hall–Kier alpha value is -2.10. The van der Waals surface area contributed by atoms with Gasteiger partial charge >= 0.3 is 0 Å². The maximum absolute atomic E-state index is 12.7. The summed E-state index contributed by atoms with van der Waals surface area (Å²) in [6.45, 7) is 4.81. The first kappa shape index (κ1) is 18.9. The summed E-state index contributed by atoms with van der Waals surface area (Å²) < 4.78 is 12.0. The first-order valence-electron chi connectivity index (χ1n) is 9.97. The molecule has 8 nitrogen and oxygen atoms in total. The number of hydrogen-bond acceptors (Lipinski definition) is 6. The van der Waals surface area contributed by atoms with Crippen LogP contribution < -0.4 is 10.6 Å². The van der Waals surface area contributed by atoms with E-state index in [2.05, 4.69) is 31.5 Å². The molecule has 2 aromatic rings. The molecule has 2 atom stereocenters. The van der Waals surface area contributed by atoms with Crippen LogP contribution in [-0.2, 0) is 9.53 Å². The largest absolute Gasteiger partial charge is 0.449 e. The van der Waals surface area contributed by atoms with Crippen molar-refractivity contribution in [2.24, 2.45) is 5.92 Å². The molecule has 2 unspecified atom stereocenters. The van der Waals surface area contributed by atoms with Crippen LogP contribution in [0.3, 0.4) is 0 Å². The number of morpholine rings is 1. The standard InChI is InChI=1S/C20H23BrN4O4/c21-13-1-2-15-14(9-13)17-18(29-15)19(26)23-16(22-17)11-24-4-3-12(10-24)20(27)25-5-7-28-8-6-25/h1-2,9,12,16,22H,3-8,10-11H2,(H,23,26). The van der Waals surface area contributed by atoms with Gasteiger partial charge in [0.1, 0.15) is 11.7 Å². The number of hydrogen-bond donors (Lipinski definition) is 2. The molecule has 0 radical (unpaired) electrons. The molecule has 2 amide bonds. The first-order chi connectivity index (χ1) is 14.1. The van der Waals surface area contributed by atoms with Gasteiger partial charge in [-0.3, -0.25) is 14.5 Å². The first-order valence-corrected chi connectivity index (χ1v) is 10.8. The SMILES string of the molecule is O=C1NC(CN2CCC(C(=O)N3CCOCC3)C2)Nc2c1oc1ccc(Br)cc21. The van der Waals surface area contributed by atoms with Gasteiger partial charge in [0.05, 0.1) is 24.8 Å². The highest BCUT2D eigenvalue weighted by Crippen LogP contribution is 2.35. The molecule has 1 aromatic carbocycles. The lowest BCUT2D eigenvalue weighted by Crippen LogP contribution is -2.51. The topological polar surface area (TPSA) is 87.1 Å². The van der Waals surface area contributed by atoms with E-state index in [4.69, 9.17) is 9.15 Å². The highest BCUT2D eigenvalue weighted by molar-refractivity contribution is 9.10. The monoisotopic (exact) mass is 462 g/mol. The molecule has 2 fully saturated rings. The summed E-state index contributed by atoms with van der Waals surface area (Å²) >= 11 is 3.48. The molecule has 2 N–H and O–H groups in total. The fourth-order valence-electron chi connectivity index (χ4n) is 4.40. The van der Waals surface area contributed by atoms with Crippen LogP contribution in [0.4, 0.5) is 5.69 Å². The van der Waals surface area contributed by atoms with E-state index >= 15 is 0 Å². The van der Waals surface area contributed by atoms with Gasteiger partial charge in [-0.25, -0.2) is 0 Å². The normalized spacial score (nSPS) is 25.0. The summed E-state index contributed by atoms with van der Waals surface area (Å²) in [4.78, 5) is 29.5. The molecule has 0 bridgehead atoms. The van der Waals surface area contributed by atoms with E-state index in [-0.39, 0.29) is 23.9 Å². The lowest BCUT2D eigenvalue weighted by atomic mass is 10.1. The second-order valence-electron chi connectivity index (χ2n) is 7.80. The summed E-state index contributed by atoms with van der Waals surface area (Å²) in [5, 5.41) is 7.27. The van der Waals surface area contributed by atoms with Crippen molar-refractivity contribution in [3.63, 3.8) is 0 Å². The second-order valence-corrected chi connectivity index (χ2v) is 8.72. The molecule has 1 aromatic heterocycles. The summed E-state index contributed by atoms with van der Waals surface area (Å²) in [6, 6.07) is 5.69. The molecule has 29 heavy (non-hydrogen) atoms. The summed E-state index contributed by atoms with van der Waals surface area (Å²) in [7, 11) is 0. The maximum atomic E-state index is 12.7. The fourth-order valence-corrected chi connectivity index (χ4v) is 4.76. The predicted molar refractivity (Wildman–Crippen MR) is 111 cm³/mol. The van der Waals surface area contributed by atoms with Crippen molar-refractivity contribution < 1.29 is 18.7 Å². The third-order valence-corrected chi connectivity index (χ3v) is 6.36. The van der Waals surface area contributed by atoms with Crippen molar-refractivity contribution in [3.05, 3.63) is 28.4 Å². The zero-order chi connectivity index (χ0) is 20.0. The highest BCUT2D eigenvalue weighted by Gasteiger charge is 2.35. The van der Waals surface area contributed by atoms with Gasteiger partial charge in [-0.15, -0.1) is 0 Å². The zero-order valence-electron chi connectivity index (χ0n) is 15.9. The number of fused-ring (bicyclic) bond motifs is 3. The van der Waals surface area contributed by atoms with E-state index in [0.717, 1.165) is 35.1 Å². The number of likely N-dealkylation sites (tertiary alicyclic amines) is 1. The smallest absolute Gasteiger partial charge is 0.290 e. The molecule has 0 aliphatic carbocycles. The Balaban J connectivity index is 1.25. The Labute approximate surface area is 176 Å².